The highest BCUT2D eigenvalue weighted by Gasteiger charge is 2.43. The van der Waals surface area contributed by atoms with E-state index in [1.165, 1.54) is 35.6 Å². The van der Waals surface area contributed by atoms with Crippen LogP contribution in [-0.2, 0) is 33.4 Å². The molecule has 3 rings (SSSR count). The van der Waals surface area contributed by atoms with Gasteiger partial charge in [-0.2, -0.15) is 0 Å². The fraction of sp³-hybridized carbons (Fsp3) is 0.760. The number of alkyl carbamates (subject to hydrolysis) is 1. The van der Waals surface area contributed by atoms with Crippen molar-refractivity contribution in [2.75, 3.05) is 26.7 Å². The Labute approximate surface area is 222 Å². The number of cyclic esters (lactones) is 1. The molecule has 5 atom stereocenters. The van der Waals surface area contributed by atoms with Crippen LogP contribution in [0.1, 0.15) is 60.3 Å². The Hall–Kier alpha value is -3.38. The van der Waals surface area contributed by atoms with Gasteiger partial charge in [0.15, 0.2) is 0 Å². The fourth-order valence-corrected chi connectivity index (χ4v) is 4.90. The van der Waals surface area contributed by atoms with Crippen LogP contribution < -0.4 is 10.6 Å². The van der Waals surface area contributed by atoms with E-state index in [4.69, 9.17) is 9.47 Å². The quantitative estimate of drug-likeness (QED) is 0.435. The summed E-state index contributed by atoms with van der Waals surface area (Å²) in [6, 6.07) is -4.91. The summed E-state index contributed by atoms with van der Waals surface area (Å²) >= 11 is 0. The van der Waals surface area contributed by atoms with Gasteiger partial charge < -0.3 is 34.8 Å². The van der Waals surface area contributed by atoms with Gasteiger partial charge in [-0.3, -0.25) is 19.2 Å². The van der Waals surface area contributed by atoms with Crippen molar-refractivity contribution in [1.82, 2.24) is 25.3 Å². The summed E-state index contributed by atoms with van der Waals surface area (Å²) in [6.45, 7) is 8.14. The van der Waals surface area contributed by atoms with Crippen molar-refractivity contribution in [2.45, 2.75) is 96.1 Å². The summed E-state index contributed by atoms with van der Waals surface area (Å²) in [6.07, 6.45) is 0.961. The second-order valence-electron chi connectivity index (χ2n) is 11.1. The Morgan fingerprint density at radius 3 is 2.13 bits per heavy atom. The maximum atomic E-state index is 13.6. The molecule has 3 heterocycles. The summed E-state index contributed by atoms with van der Waals surface area (Å²) in [7, 11) is 1.47. The van der Waals surface area contributed by atoms with Gasteiger partial charge in [0.2, 0.25) is 23.6 Å². The van der Waals surface area contributed by atoms with E-state index < -0.39 is 78.1 Å². The Bertz CT molecular complexity index is 979. The van der Waals surface area contributed by atoms with Gasteiger partial charge in [0, 0.05) is 20.1 Å². The molecular weight excluding hydrogens is 498 g/mol. The van der Waals surface area contributed by atoms with Gasteiger partial charge in [-0.1, -0.05) is 0 Å². The van der Waals surface area contributed by atoms with Gasteiger partial charge in [-0.05, 0) is 60.3 Å². The highest BCUT2D eigenvalue weighted by atomic mass is 16.6. The third-order valence-electron chi connectivity index (χ3n) is 7.05. The first-order valence-electron chi connectivity index (χ1n) is 13.1. The zero-order valence-corrected chi connectivity index (χ0v) is 22.9. The molecule has 0 aromatic heterocycles. The maximum absolute atomic E-state index is 13.6. The van der Waals surface area contributed by atoms with Crippen molar-refractivity contribution in [2.24, 2.45) is 0 Å². The van der Waals surface area contributed by atoms with Crippen LogP contribution in [-0.4, -0.2) is 113 Å². The summed E-state index contributed by atoms with van der Waals surface area (Å²) in [4.78, 5) is 82.5. The molecule has 13 heteroatoms. The molecule has 212 valence electrons. The van der Waals surface area contributed by atoms with E-state index in [-0.39, 0.29) is 6.54 Å². The van der Waals surface area contributed by atoms with Crippen LogP contribution >= 0.6 is 0 Å². The molecular formula is C25H39N5O8. The van der Waals surface area contributed by atoms with Crippen LogP contribution in [0, 0.1) is 0 Å². The largest absolute Gasteiger partial charge is 0.461 e. The Morgan fingerprint density at radius 1 is 0.947 bits per heavy atom. The predicted octanol–water partition coefficient (Wildman–Crippen LogP) is -0.230. The number of rotatable bonds is 1. The van der Waals surface area contributed by atoms with Crippen molar-refractivity contribution >= 4 is 35.7 Å². The summed E-state index contributed by atoms with van der Waals surface area (Å²) in [5, 5.41) is 5.12. The number of amides is 5. The van der Waals surface area contributed by atoms with Crippen molar-refractivity contribution < 1.29 is 38.2 Å². The number of esters is 1. The van der Waals surface area contributed by atoms with Crippen LogP contribution in [0.15, 0.2) is 0 Å². The van der Waals surface area contributed by atoms with Gasteiger partial charge in [0.05, 0.1) is 0 Å². The van der Waals surface area contributed by atoms with Crippen LogP contribution in [0.4, 0.5) is 4.79 Å². The second kappa shape index (κ2) is 11.6. The number of nitrogens with one attached hydrogen (secondary N) is 2. The minimum absolute atomic E-state index is 0.256. The van der Waals surface area contributed by atoms with Crippen molar-refractivity contribution in [3.63, 3.8) is 0 Å². The lowest BCUT2D eigenvalue weighted by molar-refractivity contribution is -0.157. The molecule has 13 nitrogen and oxygen atoms in total. The molecule has 0 aromatic rings. The third kappa shape index (κ3) is 6.54. The van der Waals surface area contributed by atoms with E-state index >= 15 is 0 Å². The monoisotopic (exact) mass is 537 g/mol. The number of hydrogen-bond donors (Lipinski definition) is 2. The van der Waals surface area contributed by atoms with Gasteiger partial charge in [-0.15, -0.1) is 0 Å². The zero-order chi connectivity index (χ0) is 28.4. The van der Waals surface area contributed by atoms with Gasteiger partial charge in [0.25, 0.3) is 0 Å². The van der Waals surface area contributed by atoms with E-state index in [0.717, 1.165) is 0 Å². The second-order valence-corrected chi connectivity index (χ2v) is 11.1. The molecule has 3 aliphatic rings. The van der Waals surface area contributed by atoms with Crippen molar-refractivity contribution in [3.8, 4) is 0 Å². The van der Waals surface area contributed by atoms with Gasteiger partial charge in [0.1, 0.15) is 42.4 Å². The Kier molecular flexibility index (Phi) is 8.88. The zero-order valence-electron chi connectivity index (χ0n) is 22.9. The Balaban J connectivity index is 1.94. The summed E-state index contributed by atoms with van der Waals surface area (Å²) in [5.41, 5.74) is -0.838. The van der Waals surface area contributed by atoms with E-state index in [9.17, 15) is 28.8 Å². The minimum Gasteiger partial charge on any atom is -0.461 e. The average molecular weight is 538 g/mol. The topological polar surface area (TPSA) is 155 Å². The highest BCUT2D eigenvalue weighted by molar-refractivity contribution is 5.96. The first-order valence-corrected chi connectivity index (χ1v) is 13.1. The number of fused-ring (bicyclic) bond motifs is 2. The predicted molar refractivity (Wildman–Crippen MR) is 133 cm³/mol. The van der Waals surface area contributed by atoms with Crippen LogP contribution in [0.25, 0.3) is 0 Å². The molecule has 1 unspecified atom stereocenters. The van der Waals surface area contributed by atoms with Gasteiger partial charge >= 0.3 is 12.1 Å². The molecule has 2 N–H and O–H groups in total. The number of likely N-dealkylation sites (N-methyl/N-ethyl adjacent to an activating group) is 1. The molecule has 0 saturated carbocycles. The number of nitrogens with zero attached hydrogens (tertiary/aromatic N) is 3. The number of carbonyl (C=O) groups excluding carboxylic acids is 6. The van der Waals surface area contributed by atoms with Crippen LogP contribution in [0.3, 0.4) is 0 Å². The van der Waals surface area contributed by atoms with Crippen LogP contribution in [0.2, 0.25) is 0 Å². The fourth-order valence-electron chi connectivity index (χ4n) is 4.90. The normalized spacial score (nSPS) is 30.0. The summed E-state index contributed by atoms with van der Waals surface area (Å²) < 4.78 is 10.7. The number of ether oxygens (including phenoxy) is 2. The van der Waals surface area contributed by atoms with E-state index in [2.05, 4.69) is 10.6 Å². The summed E-state index contributed by atoms with van der Waals surface area (Å²) in [5.74, 6) is -2.75. The van der Waals surface area contributed by atoms with E-state index in [1.807, 2.05) is 0 Å². The standard InChI is InChI=1S/C25H39N5O8/c1-14-20(32)30-12-8-10-18(30)23(35)37-13-16(27-24(36)38-25(3,4)5)21(33)29-11-7-9-17(29)22(34)28(6)15(2)19(31)26-14/h14-18H,7-13H2,1-6H3,(H,26,31)(H,27,36)/t14-,15-,16?,17-,18-/m0/s1. The average Bonchev–Trinajstić information content (AvgIpc) is 3.52. The highest BCUT2D eigenvalue weighted by Crippen LogP contribution is 2.23. The first kappa shape index (κ1) is 29.2. The lowest BCUT2D eigenvalue weighted by Crippen LogP contribution is -2.59. The molecule has 38 heavy (non-hydrogen) atoms. The maximum Gasteiger partial charge on any atom is 0.408 e. The van der Waals surface area contributed by atoms with Crippen molar-refractivity contribution in [1.29, 1.82) is 0 Å². The third-order valence-corrected chi connectivity index (χ3v) is 7.05. The molecule has 0 bridgehead atoms. The van der Waals surface area contributed by atoms with Gasteiger partial charge in [-0.25, -0.2) is 9.59 Å². The lowest BCUT2D eigenvalue weighted by Gasteiger charge is -2.34. The van der Waals surface area contributed by atoms with E-state index in [0.29, 0.717) is 32.2 Å². The molecule has 3 fully saturated rings. The minimum atomic E-state index is -1.31. The van der Waals surface area contributed by atoms with Crippen LogP contribution in [0.5, 0.6) is 0 Å². The smallest absolute Gasteiger partial charge is 0.408 e. The molecule has 3 aliphatic heterocycles. The number of carbonyl (C=O) groups is 6. The van der Waals surface area contributed by atoms with Crippen molar-refractivity contribution in [3.05, 3.63) is 0 Å². The SMILES string of the molecule is C[C@@H]1NC(=O)[C@H](C)N(C)C(=O)[C@@H]2CCCN2C(=O)C(NC(=O)OC(C)(C)C)COC(=O)[C@@H]2CCCN2C1=O. The van der Waals surface area contributed by atoms with E-state index in [1.54, 1.807) is 20.8 Å². The molecule has 0 aliphatic carbocycles. The number of hydrogen-bond acceptors (Lipinski definition) is 8. The molecule has 5 amide bonds. The lowest BCUT2D eigenvalue weighted by atomic mass is 10.1. The molecule has 3 saturated heterocycles. The molecule has 0 aromatic carbocycles. The Morgan fingerprint density at radius 2 is 1.53 bits per heavy atom. The molecule has 0 radical (unpaired) electrons. The first-order chi connectivity index (χ1) is 17.7. The molecule has 0 spiro atoms.